The zero-order valence-corrected chi connectivity index (χ0v) is 13.3. The quantitative estimate of drug-likeness (QED) is 0.679. The predicted octanol–water partition coefficient (Wildman–Crippen LogP) is 3.35. The molecule has 0 aliphatic rings. The number of benzene rings is 1. The third-order valence-corrected chi connectivity index (χ3v) is 3.19. The van der Waals surface area contributed by atoms with Crippen molar-refractivity contribution in [2.24, 2.45) is 5.16 Å². The first-order chi connectivity index (χ1) is 10.5. The molecular weight excluding hydrogens is 280 g/mol. The number of para-hydroxylation sites is 1. The number of aromatic nitrogens is 1. The summed E-state index contributed by atoms with van der Waals surface area (Å²) < 4.78 is 5.06. The van der Waals surface area contributed by atoms with Gasteiger partial charge in [0.15, 0.2) is 11.5 Å². The second-order valence-electron chi connectivity index (χ2n) is 5.09. The Morgan fingerprint density at radius 2 is 2.05 bits per heavy atom. The van der Waals surface area contributed by atoms with E-state index in [2.05, 4.69) is 10.1 Å². The normalized spacial score (nSPS) is 11.4. The van der Waals surface area contributed by atoms with Crippen molar-refractivity contribution in [2.45, 2.75) is 27.4 Å². The molecule has 0 spiro atoms. The summed E-state index contributed by atoms with van der Waals surface area (Å²) in [6, 6.07) is 9.20. The van der Waals surface area contributed by atoms with Crippen molar-refractivity contribution >= 4 is 5.71 Å². The first-order valence-electron chi connectivity index (χ1n) is 6.98. The Bertz CT molecular complexity index is 676. The number of aryl methyl sites for hydroxylation is 2. The molecule has 0 fully saturated rings. The number of methoxy groups -OCH3 is 1. The largest absolute Gasteiger partial charge is 0.504 e. The van der Waals surface area contributed by atoms with E-state index >= 15 is 0 Å². The molecule has 0 saturated carbocycles. The molecular formula is C17H20N2O3. The molecule has 0 atom stereocenters. The summed E-state index contributed by atoms with van der Waals surface area (Å²) >= 11 is 0. The van der Waals surface area contributed by atoms with Crippen molar-refractivity contribution < 1.29 is 14.7 Å². The smallest absolute Gasteiger partial charge is 0.164 e. The van der Waals surface area contributed by atoms with Crippen LogP contribution in [-0.2, 0) is 11.4 Å². The van der Waals surface area contributed by atoms with E-state index < -0.39 is 0 Å². The number of ether oxygens (including phenoxy) is 1. The number of oxime groups is 1. The lowest BCUT2D eigenvalue weighted by molar-refractivity contribution is 0.128. The fourth-order valence-electron chi connectivity index (χ4n) is 2.12. The Morgan fingerprint density at radius 3 is 2.73 bits per heavy atom. The topological polar surface area (TPSA) is 63.9 Å². The maximum Gasteiger partial charge on any atom is 0.164 e. The SMILES string of the molecule is COc1cccc(CO/N=C(\C)c2cc(C)cc(C)n2)c1O. The Morgan fingerprint density at radius 1 is 1.27 bits per heavy atom. The number of hydrogen-bond donors (Lipinski definition) is 1. The van der Waals surface area contributed by atoms with Gasteiger partial charge in [-0.05, 0) is 44.5 Å². The molecule has 0 aliphatic carbocycles. The Balaban J connectivity index is 2.09. The fourth-order valence-corrected chi connectivity index (χ4v) is 2.12. The zero-order valence-electron chi connectivity index (χ0n) is 13.3. The molecule has 2 rings (SSSR count). The molecule has 0 aliphatic heterocycles. The van der Waals surface area contributed by atoms with E-state index in [4.69, 9.17) is 9.57 Å². The van der Waals surface area contributed by atoms with Gasteiger partial charge < -0.3 is 14.7 Å². The van der Waals surface area contributed by atoms with Gasteiger partial charge in [-0.3, -0.25) is 4.98 Å². The van der Waals surface area contributed by atoms with Crippen LogP contribution in [0.15, 0.2) is 35.5 Å². The summed E-state index contributed by atoms with van der Waals surface area (Å²) in [7, 11) is 1.51. The highest BCUT2D eigenvalue weighted by Gasteiger charge is 2.08. The van der Waals surface area contributed by atoms with Crippen LogP contribution in [0, 0.1) is 13.8 Å². The molecule has 0 saturated heterocycles. The monoisotopic (exact) mass is 300 g/mol. The molecule has 0 bridgehead atoms. The molecule has 1 heterocycles. The maximum atomic E-state index is 9.98. The number of nitrogens with zero attached hydrogens (tertiary/aromatic N) is 2. The van der Waals surface area contributed by atoms with Gasteiger partial charge in [-0.15, -0.1) is 0 Å². The van der Waals surface area contributed by atoms with Gasteiger partial charge in [-0.2, -0.15) is 0 Å². The predicted molar refractivity (Wildman–Crippen MR) is 85.4 cm³/mol. The second kappa shape index (κ2) is 6.93. The average molecular weight is 300 g/mol. The van der Waals surface area contributed by atoms with Gasteiger partial charge in [-0.25, -0.2) is 0 Å². The summed E-state index contributed by atoms with van der Waals surface area (Å²) in [5.74, 6) is 0.486. The lowest BCUT2D eigenvalue weighted by Gasteiger charge is -2.08. The van der Waals surface area contributed by atoms with Crippen molar-refractivity contribution in [3.05, 3.63) is 52.8 Å². The molecule has 1 aromatic carbocycles. The third kappa shape index (κ3) is 3.75. The van der Waals surface area contributed by atoms with Crippen LogP contribution in [-0.4, -0.2) is 22.9 Å². The van der Waals surface area contributed by atoms with E-state index in [1.807, 2.05) is 32.9 Å². The first-order valence-corrected chi connectivity index (χ1v) is 6.98. The van der Waals surface area contributed by atoms with E-state index in [1.54, 1.807) is 18.2 Å². The highest BCUT2D eigenvalue weighted by Crippen LogP contribution is 2.29. The van der Waals surface area contributed by atoms with E-state index in [-0.39, 0.29) is 12.4 Å². The van der Waals surface area contributed by atoms with Crippen molar-refractivity contribution in [1.29, 1.82) is 0 Å². The summed E-state index contributed by atoms with van der Waals surface area (Å²) in [6.45, 7) is 5.96. The van der Waals surface area contributed by atoms with Crippen LogP contribution < -0.4 is 4.74 Å². The number of phenolic OH excluding ortho intramolecular Hbond substituents is 1. The van der Waals surface area contributed by atoms with E-state index in [0.717, 1.165) is 17.0 Å². The molecule has 5 heteroatoms. The lowest BCUT2D eigenvalue weighted by atomic mass is 10.2. The first kappa shape index (κ1) is 15.8. The minimum absolute atomic E-state index is 0.0716. The highest BCUT2D eigenvalue weighted by molar-refractivity contribution is 5.96. The lowest BCUT2D eigenvalue weighted by Crippen LogP contribution is -2.02. The second-order valence-corrected chi connectivity index (χ2v) is 5.09. The summed E-state index contributed by atoms with van der Waals surface area (Å²) in [4.78, 5) is 9.75. The summed E-state index contributed by atoms with van der Waals surface area (Å²) in [5, 5.41) is 14.0. The highest BCUT2D eigenvalue weighted by atomic mass is 16.6. The van der Waals surface area contributed by atoms with Gasteiger partial charge in [-0.1, -0.05) is 17.3 Å². The van der Waals surface area contributed by atoms with Crippen molar-refractivity contribution in [3.8, 4) is 11.5 Å². The Hall–Kier alpha value is -2.56. The summed E-state index contributed by atoms with van der Waals surface area (Å²) in [5.41, 5.74) is 4.16. The fraction of sp³-hybridized carbons (Fsp3) is 0.294. The van der Waals surface area contributed by atoms with Gasteiger partial charge in [0.1, 0.15) is 12.3 Å². The van der Waals surface area contributed by atoms with Crippen LogP contribution in [0.1, 0.15) is 29.4 Å². The zero-order chi connectivity index (χ0) is 16.1. The molecule has 5 nitrogen and oxygen atoms in total. The number of rotatable bonds is 5. The third-order valence-electron chi connectivity index (χ3n) is 3.19. The summed E-state index contributed by atoms with van der Waals surface area (Å²) in [6.07, 6.45) is 0. The molecule has 0 radical (unpaired) electrons. The van der Waals surface area contributed by atoms with Gasteiger partial charge >= 0.3 is 0 Å². The van der Waals surface area contributed by atoms with Crippen molar-refractivity contribution in [3.63, 3.8) is 0 Å². The van der Waals surface area contributed by atoms with Crippen LogP contribution in [0.4, 0.5) is 0 Å². The van der Waals surface area contributed by atoms with Gasteiger partial charge in [0.25, 0.3) is 0 Å². The van der Waals surface area contributed by atoms with Gasteiger partial charge in [0.05, 0.1) is 12.8 Å². The standard InChI is InChI=1S/C17H20N2O3/c1-11-8-12(2)18-15(9-11)13(3)19-22-10-14-6-5-7-16(21-4)17(14)20/h5-9,20H,10H2,1-4H3/b19-13+. The van der Waals surface area contributed by atoms with Crippen LogP contribution in [0.3, 0.4) is 0 Å². The molecule has 0 amide bonds. The minimum atomic E-state index is 0.0716. The molecule has 22 heavy (non-hydrogen) atoms. The van der Waals surface area contributed by atoms with E-state index in [0.29, 0.717) is 17.0 Å². The van der Waals surface area contributed by atoms with E-state index in [1.165, 1.54) is 7.11 Å². The van der Waals surface area contributed by atoms with Crippen LogP contribution in [0.5, 0.6) is 11.5 Å². The number of aromatic hydroxyl groups is 1. The van der Waals surface area contributed by atoms with Crippen LogP contribution >= 0.6 is 0 Å². The minimum Gasteiger partial charge on any atom is -0.504 e. The van der Waals surface area contributed by atoms with Gasteiger partial charge in [0.2, 0.25) is 0 Å². The average Bonchev–Trinajstić information content (AvgIpc) is 2.48. The number of hydrogen-bond acceptors (Lipinski definition) is 5. The molecule has 1 aromatic heterocycles. The van der Waals surface area contributed by atoms with Crippen molar-refractivity contribution in [2.75, 3.05) is 7.11 Å². The molecule has 0 unspecified atom stereocenters. The Kier molecular flexibility index (Phi) is 4.99. The maximum absolute atomic E-state index is 9.98. The number of phenols is 1. The number of pyridine rings is 1. The van der Waals surface area contributed by atoms with Gasteiger partial charge in [0, 0.05) is 11.3 Å². The van der Waals surface area contributed by atoms with Crippen LogP contribution in [0.2, 0.25) is 0 Å². The van der Waals surface area contributed by atoms with E-state index in [9.17, 15) is 5.11 Å². The van der Waals surface area contributed by atoms with Crippen molar-refractivity contribution in [1.82, 2.24) is 4.98 Å². The van der Waals surface area contributed by atoms with Crippen LogP contribution in [0.25, 0.3) is 0 Å². The molecule has 2 aromatic rings. The molecule has 1 N–H and O–H groups in total. The molecule has 116 valence electrons. The Labute approximate surface area is 130 Å².